The summed E-state index contributed by atoms with van der Waals surface area (Å²) in [4.78, 5) is 27.8. The molecule has 23 heavy (non-hydrogen) atoms. The number of nitrogens with zero attached hydrogens (tertiary/aromatic N) is 1. The molecule has 0 N–H and O–H groups in total. The summed E-state index contributed by atoms with van der Waals surface area (Å²) >= 11 is 5.97. The van der Waals surface area contributed by atoms with Gasteiger partial charge in [0.25, 0.3) is 0 Å². The molecule has 0 radical (unpaired) electrons. The molecule has 1 aromatic rings. The predicted molar refractivity (Wildman–Crippen MR) is 89.1 cm³/mol. The lowest BCUT2D eigenvalue weighted by Crippen LogP contribution is -2.51. The van der Waals surface area contributed by atoms with Gasteiger partial charge in [0.2, 0.25) is 11.5 Å². The fraction of sp³-hybridized carbons (Fsp3) is 0.556. The zero-order valence-electron chi connectivity index (χ0n) is 13.6. The van der Waals surface area contributed by atoms with Crippen molar-refractivity contribution in [1.82, 2.24) is 4.90 Å². The number of ketones is 2. The van der Waals surface area contributed by atoms with Crippen molar-refractivity contribution >= 4 is 23.2 Å². The molecule has 5 heteroatoms. The molecule has 2 atom stereocenters. The number of fused-ring (bicyclic) bond motifs is 2. The Kier molecular flexibility index (Phi) is 4.59. The summed E-state index contributed by atoms with van der Waals surface area (Å²) in [5, 5.41) is 0.465. The second kappa shape index (κ2) is 6.34. The van der Waals surface area contributed by atoms with E-state index in [1.807, 2.05) is 0 Å². The lowest BCUT2D eigenvalue weighted by molar-refractivity contribution is 0.0489. The van der Waals surface area contributed by atoms with E-state index in [-0.39, 0.29) is 11.6 Å². The lowest BCUT2D eigenvalue weighted by atomic mass is 9.85. The molecule has 1 aliphatic heterocycles. The molecule has 1 fully saturated rings. The van der Waals surface area contributed by atoms with Crippen LogP contribution in [0.15, 0.2) is 18.2 Å². The average molecular weight is 336 g/mol. The highest BCUT2D eigenvalue weighted by atomic mass is 35.5. The zero-order valence-corrected chi connectivity index (χ0v) is 14.4. The number of halogens is 1. The van der Waals surface area contributed by atoms with Crippen LogP contribution < -0.4 is 0 Å². The van der Waals surface area contributed by atoms with Crippen LogP contribution in [0.1, 0.15) is 60.2 Å². The third kappa shape index (κ3) is 2.63. The zero-order chi connectivity index (χ0) is 16.6. The van der Waals surface area contributed by atoms with Crippen LogP contribution in [0.2, 0.25) is 5.02 Å². The van der Waals surface area contributed by atoms with E-state index in [9.17, 15) is 9.59 Å². The number of benzene rings is 1. The number of rotatable bonds is 7. The van der Waals surface area contributed by atoms with Gasteiger partial charge in [0.1, 0.15) is 0 Å². The van der Waals surface area contributed by atoms with Gasteiger partial charge in [-0.25, -0.2) is 0 Å². The first-order valence-electron chi connectivity index (χ1n) is 8.37. The van der Waals surface area contributed by atoms with Gasteiger partial charge in [-0.3, -0.25) is 14.5 Å². The largest absolute Gasteiger partial charge is 0.333 e. The van der Waals surface area contributed by atoms with Crippen molar-refractivity contribution in [3.8, 4) is 0 Å². The van der Waals surface area contributed by atoms with Crippen molar-refractivity contribution in [2.24, 2.45) is 0 Å². The van der Waals surface area contributed by atoms with Crippen LogP contribution in [-0.4, -0.2) is 41.4 Å². The summed E-state index contributed by atoms with van der Waals surface area (Å²) in [6.45, 7) is 5.78. The Bertz CT molecular complexity index is 637. The molecule has 4 nitrogen and oxygen atoms in total. The maximum absolute atomic E-state index is 13.0. The minimum Gasteiger partial charge on any atom is -0.333 e. The van der Waals surface area contributed by atoms with Gasteiger partial charge < -0.3 is 4.74 Å². The van der Waals surface area contributed by atoms with Crippen molar-refractivity contribution in [1.29, 1.82) is 0 Å². The minimum absolute atomic E-state index is 0.0963. The van der Waals surface area contributed by atoms with Crippen LogP contribution in [0.5, 0.6) is 0 Å². The third-order valence-corrected chi connectivity index (χ3v) is 4.92. The SMILES string of the molecule is CCCCN(CCCC)C12OC1C(=O)c1cc(Cl)ccc1C2=O. The molecule has 0 spiro atoms. The summed E-state index contributed by atoms with van der Waals surface area (Å²) < 4.78 is 5.75. The topological polar surface area (TPSA) is 49.9 Å². The molecule has 2 unspecified atom stereocenters. The molecule has 3 rings (SSSR count). The Morgan fingerprint density at radius 2 is 1.78 bits per heavy atom. The third-order valence-electron chi connectivity index (χ3n) is 4.68. The molecule has 1 saturated heterocycles. The fourth-order valence-corrected chi connectivity index (χ4v) is 3.50. The van der Waals surface area contributed by atoms with Gasteiger partial charge >= 0.3 is 0 Å². The van der Waals surface area contributed by atoms with Gasteiger partial charge in [-0.15, -0.1) is 0 Å². The van der Waals surface area contributed by atoms with Crippen LogP contribution >= 0.6 is 11.6 Å². The van der Waals surface area contributed by atoms with Gasteiger partial charge in [0, 0.05) is 29.2 Å². The van der Waals surface area contributed by atoms with E-state index < -0.39 is 11.8 Å². The van der Waals surface area contributed by atoms with E-state index >= 15 is 0 Å². The average Bonchev–Trinajstić information content (AvgIpc) is 3.30. The maximum atomic E-state index is 13.0. The molecule has 0 bridgehead atoms. The second-order valence-electron chi connectivity index (χ2n) is 6.27. The Hall–Kier alpha value is -1.23. The molecule has 0 aromatic heterocycles. The van der Waals surface area contributed by atoms with Gasteiger partial charge in [0.15, 0.2) is 11.9 Å². The van der Waals surface area contributed by atoms with E-state index in [0.29, 0.717) is 16.1 Å². The monoisotopic (exact) mass is 335 g/mol. The van der Waals surface area contributed by atoms with E-state index in [0.717, 1.165) is 38.8 Å². The molecule has 124 valence electrons. The van der Waals surface area contributed by atoms with Crippen molar-refractivity contribution in [2.45, 2.75) is 51.4 Å². The number of carbonyl (C=O) groups excluding carboxylic acids is 2. The Morgan fingerprint density at radius 3 is 2.39 bits per heavy atom. The van der Waals surface area contributed by atoms with Gasteiger partial charge in [0.05, 0.1) is 0 Å². The number of hydrogen-bond donors (Lipinski definition) is 0. The Morgan fingerprint density at radius 1 is 1.13 bits per heavy atom. The van der Waals surface area contributed by atoms with Crippen LogP contribution in [0.4, 0.5) is 0 Å². The first kappa shape index (κ1) is 16.6. The standard InChI is InChI=1S/C18H22ClNO3/c1-3-5-9-20(10-6-4-2)18-16(22)13-8-7-12(19)11-14(13)15(21)17(18)23-18/h7-8,11,17H,3-6,9-10H2,1-2H3. The number of epoxide rings is 1. The van der Waals surface area contributed by atoms with Crippen LogP contribution in [0.25, 0.3) is 0 Å². The summed E-state index contributed by atoms with van der Waals surface area (Å²) in [7, 11) is 0. The molecule has 0 amide bonds. The first-order chi connectivity index (χ1) is 11.1. The van der Waals surface area contributed by atoms with Crippen LogP contribution in [-0.2, 0) is 4.74 Å². The number of Topliss-reactive ketones (excluding diaryl/α,β-unsaturated/α-hetero) is 2. The number of hydrogen-bond acceptors (Lipinski definition) is 4. The van der Waals surface area contributed by atoms with E-state index in [2.05, 4.69) is 18.7 Å². The van der Waals surface area contributed by atoms with Gasteiger partial charge in [-0.2, -0.15) is 0 Å². The van der Waals surface area contributed by atoms with Gasteiger partial charge in [-0.1, -0.05) is 38.3 Å². The fourth-order valence-electron chi connectivity index (χ4n) is 3.33. The molecule has 1 heterocycles. The number of carbonyl (C=O) groups is 2. The van der Waals surface area contributed by atoms with Crippen LogP contribution in [0.3, 0.4) is 0 Å². The molecule has 2 aliphatic rings. The van der Waals surface area contributed by atoms with Crippen molar-refractivity contribution in [3.05, 3.63) is 34.3 Å². The molecule has 0 saturated carbocycles. The van der Waals surface area contributed by atoms with E-state index in [1.165, 1.54) is 0 Å². The predicted octanol–water partition coefficient (Wildman–Crippen LogP) is 3.72. The number of ether oxygens (including phenoxy) is 1. The smallest absolute Gasteiger partial charge is 0.221 e. The molecular formula is C18H22ClNO3. The Labute approximate surface area is 141 Å². The maximum Gasteiger partial charge on any atom is 0.221 e. The number of unbranched alkanes of at least 4 members (excludes halogenated alkanes) is 2. The molecule has 1 aromatic carbocycles. The summed E-state index contributed by atoms with van der Waals surface area (Å²) in [5.41, 5.74) is -0.236. The summed E-state index contributed by atoms with van der Waals surface area (Å²) in [6, 6.07) is 4.88. The van der Waals surface area contributed by atoms with Gasteiger partial charge in [-0.05, 0) is 31.0 Å². The highest BCUT2D eigenvalue weighted by Crippen LogP contribution is 2.49. The first-order valence-corrected chi connectivity index (χ1v) is 8.75. The summed E-state index contributed by atoms with van der Waals surface area (Å²) in [5.74, 6) is -0.221. The van der Waals surface area contributed by atoms with Crippen LogP contribution in [0, 0.1) is 0 Å². The quantitative estimate of drug-likeness (QED) is 0.713. The van der Waals surface area contributed by atoms with Crippen molar-refractivity contribution in [2.75, 3.05) is 13.1 Å². The Balaban J connectivity index is 1.95. The van der Waals surface area contributed by atoms with E-state index in [4.69, 9.17) is 16.3 Å². The second-order valence-corrected chi connectivity index (χ2v) is 6.71. The molecule has 1 aliphatic carbocycles. The normalized spacial score (nSPS) is 25.5. The van der Waals surface area contributed by atoms with Crippen molar-refractivity contribution < 1.29 is 14.3 Å². The van der Waals surface area contributed by atoms with Crippen molar-refractivity contribution in [3.63, 3.8) is 0 Å². The molecular weight excluding hydrogens is 314 g/mol. The summed E-state index contributed by atoms with van der Waals surface area (Å²) in [6.07, 6.45) is 3.37. The minimum atomic E-state index is -1.07. The van der Waals surface area contributed by atoms with E-state index in [1.54, 1.807) is 18.2 Å². The highest BCUT2D eigenvalue weighted by molar-refractivity contribution is 6.32. The highest BCUT2D eigenvalue weighted by Gasteiger charge is 2.71. The lowest BCUT2D eigenvalue weighted by Gasteiger charge is -2.30.